The molecule has 1 aliphatic heterocycles. The fourth-order valence-electron chi connectivity index (χ4n) is 3.93. The van der Waals surface area contributed by atoms with Crippen molar-refractivity contribution >= 4 is 17.2 Å². The van der Waals surface area contributed by atoms with Crippen LogP contribution in [0.3, 0.4) is 0 Å². The maximum atomic E-state index is 12.5. The highest BCUT2D eigenvalue weighted by atomic mass is 32.1. The van der Waals surface area contributed by atoms with E-state index >= 15 is 0 Å². The smallest absolute Gasteiger partial charge is 0.222 e. The zero-order valence-electron chi connectivity index (χ0n) is 18.2. The number of rotatable bonds is 9. The second-order valence-electron chi connectivity index (χ2n) is 8.08. The van der Waals surface area contributed by atoms with Crippen molar-refractivity contribution in [3.63, 3.8) is 0 Å². The summed E-state index contributed by atoms with van der Waals surface area (Å²) in [5.41, 5.74) is 5.74. The highest BCUT2D eigenvalue weighted by Gasteiger charge is 2.19. The zero-order chi connectivity index (χ0) is 21.6. The van der Waals surface area contributed by atoms with Crippen molar-refractivity contribution in [3.05, 3.63) is 57.3 Å². The topological polar surface area (TPSA) is 80.0 Å². The Hall–Kier alpha value is -2.65. The van der Waals surface area contributed by atoms with Gasteiger partial charge in [0.05, 0.1) is 17.7 Å². The molecule has 164 valence electrons. The van der Waals surface area contributed by atoms with E-state index in [1.165, 1.54) is 16.0 Å². The number of aryl methyl sites for hydroxylation is 2. The van der Waals surface area contributed by atoms with E-state index in [1.54, 1.807) is 11.3 Å². The Labute approximate surface area is 186 Å². The van der Waals surface area contributed by atoms with Crippen LogP contribution >= 0.6 is 11.3 Å². The normalized spacial score (nSPS) is 13.9. The molecule has 0 bridgehead atoms. The summed E-state index contributed by atoms with van der Waals surface area (Å²) in [5, 5.41) is 12.2. The molecule has 0 fully saturated rings. The summed E-state index contributed by atoms with van der Waals surface area (Å²) in [4.78, 5) is 22.2. The molecule has 1 amide bonds. The van der Waals surface area contributed by atoms with Gasteiger partial charge in [-0.05, 0) is 41.3 Å². The molecule has 0 saturated carbocycles. The lowest BCUT2D eigenvalue weighted by Gasteiger charge is -2.28. The minimum atomic E-state index is 0.157. The molecule has 1 aliphatic rings. The van der Waals surface area contributed by atoms with Gasteiger partial charge in [0.1, 0.15) is 0 Å². The number of hydrogen-bond acceptors (Lipinski definition) is 7. The van der Waals surface area contributed by atoms with Crippen LogP contribution in [0.5, 0.6) is 0 Å². The van der Waals surface area contributed by atoms with Gasteiger partial charge in [-0.15, -0.1) is 16.4 Å². The molecule has 0 spiro atoms. The fourth-order valence-corrected chi connectivity index (χ4v) is 4.70. The van der Waals surface area contributed by atoms with Crippen LogP contribution in [0, 0.1) is 6.92 Å². The first-order valence-corrected chi connectivity index (χ1v) is 11.6. The van der Waals surface area contributed by atoms with Crippen LogP contribution in [-0.2, 0) is 37.3 Å². The van der Waals surface area contributed by atoms with Crippen molar-refractivity contribution in [1.82, 2.24) is 35.0 Å². The number of carbonyl (C=O) groups excluding carboxylic acids is 1. The number of hydrogen-bond donors (Lipinski definition) is 0. The number of amides is 1. The maximum Gasteiger partial charge on any atom is 0.222 e. The summed E-state index contributed by atoms with van der Waals surface area (Å²) in [7, 11) is 1.87. The minimum absolute atomic E-state index is 0.157. The van der Waals surface area contributed by atoms with Crippen molar-refractivity contribution in [2.24, 2.45) is 0 Å². The average molecular weight is 440 g/mol. The van der Waals surface area contributed by atoms with Crippen LogP contribution in [0.25, 0.3) is 0 Å². The summed E-state index contributed by atoms with van der Waals surface area (Å²) in [6, 6.07) is 8.61. The number of likely N-dealkylation sites (N-methyl/N-ethyl adjacent to an activating group) is 1. The van der Waals surface area contributed by atoms with Gasteiger partial charge in [0, 0.05) is 50.9 Å². The van der Waals surface area contributed by atoms with E-state index in [1.807, 2.05) is 29.1 Å². The van der Waals surface area contributed by atoms with Gasteiger partial charge < -0.3 is 4.90 Å². The molecule has 0 N–H and O–H groups in total. The monoisotopic (exact) mass is 439 g/mol. The molecule has 4 rings (SSSR count). The Morgan fingerprint density at radius 3 is 2.90 bits per heavy atom. The summed E-state index contributed by atoms with van der Waals surface area (Å²) >= 11 is 1.65. The lowest BCUT2D eigenvalue weighted by molar-refractivity contribution is -0.130. The highest BCUT2D eigenvalue weighted by Crippen LogP contribution is 2.19. The predicted molar refractivity (Wildman–Crippen MR) is 120 cm³/mol. The second-order valence-corrected chi connectivity index (χ2v) is 9.02. The Morgan fingerprint density at radius 1 is 1.26 bits per heavy atom. The van der Waals surface area contributed by atoms with Crippen LogP contribution in [0.15, 0.2) is 29.8 Å². The van der Waals surface area contributed by atoms with Crippen LogP contribution in [0.4, 0.5) is 0 Å². The molecule has 0 unspecified atom stereocenters. The number of nitrogens with zero attached hydrogens (tertiary/aromatic N) is 7. The Balaban J connectivity index is 1.22. The fraction of sp³-hybridized carbons (Fsp3) is 0.500. The van der Waals surface area contributed by atoms with Gasteiger partial charge in [-0.1, -0.05) is 24.3 Å². The lowest BCUT2D eigenvalue weighted by atomic mass is 10.00. The van der Waals surface area contributed by atoms with Crippen LogP contribution in [0.2, 0.25) is 0 Å². The number of carbonyl (C=O) groups is 1. The molecule has 0 saturated heterocycles. The van der Waals surface area contributed by atoms with Gasteiger partial charge >= 0.3 is 0 Å². The number of aromatic nitrogens is 5. The number of thiazole rings is 1. The summed E-state index contributed by atoms with van der Waals surface area (Å²) < 4.78 is 1.84. The number of tetrazole rings is 1. The van der Waals surface area contributed by atoms with Crippen molar-refractivity contribution in [3.8, 4) is 0 Å². The number of fused-ring (bicyclic) bond motifs is 1. The first kappa shape index (κ1) is 21.6. The molecule has 9 heteroatoms. The molecule has 0 aliphatic carbocycles. The molecule has 3 heterocycles. The standard InChI is InChI=1S/C22H29N7OS/c1-17-20(31-16-23-17)10-12-27(2)22(30)8-5-11-29-21(24-25-26-29)15-28-13-9-18-6-3-4-7-19(18)14-28/h3-4,6-7,16H,5,8-15H2,1-2H3. The third kappa shape index (κ3) is 5.54. The van der Waals surface area contributed by atoms with Gasteiger partial charge in [0.2, 0.25) is 5.91 Å². The van der Waals surface area contributed by atoms with E-state index in [2.05, 4.69) is 49.7 Å². The van der Waals surface area contributed by atoms with Gasteiger partial charge in [-0.2, -0.15) is 0 Å². The van der Waals surface area contributed by atoms with E-state index in [0.29, 0.717) is 19.5 Å². The van der Waals surface area contributed by atoms with Gasteiger partial charge in [-0.25, -0.2) is 9.67 Å². The summed E-state index contributed by atoms with van der Waals surface area (Å²) in [5.74, 6) is 1.02. The maximum absolute atomic E-state index is 12.5. The van der Waals surface area contributed by atoms with Crippen molar-refractivity contribution in [1.29, 1.82) is 0 Å². The molecular formula is C22H29N7OS. The van der Waals surface area contributed by atoms with E-state index in [-0.39, 0.29) is 5.91 Å². The van der Waals surface area contributed by atoms with Crippen molar-refractivity contribution in [2.75, 3.05) is 20.1 Å². The third-order valence-electron chi connectivity index (χ3n) is 5.89. The van der Waals surface area contributed by atoms with Crippen molar-refractivity contribution < 1.29 is 4.79 Å². The molecule has 0 radical (unpaired) electrons. The van der Waals surface area contributed by atoms with E-state index < -0.39 is 0 Å². The van der Waals surface area contributed by atoms with Gasteiger partial charge in [0.15, 0.2) is 5.82 Å². The van der Waals surface area contributed by atoms with Crippen molar-refractivity contribution in [2.45, 2.75) is 52.2 Å². The van der Waals surface area contributed by atoms with Gasteiger partial charge in [0.25, 0.3) is 0 Å². The minimum Gasteiger partial charge on any atom is -0.345 e. The Kier molecular flexibility index (Phi) is 7.03. The first-order chi connectivity index (χ1) is 15.1. The SMILES string of the molecule is Cc1ncsc1CCN(C)C(=O)CCCn1nnnc1CN1CCc2ccccc2C1. The molecule has 2 aromatic heterocycles. The van der Waals surface area contributed by atoms with Crippen LogP contribution in [-0.4, -0.2) is 61.0 Å². The number of benzene rings is 1. The predicted octanol–water partition coefficient (Wildman–Crippen LogP) is 2.48. The Morgan fingerprint density at radius 2 is 2.10 bits per heavy atom. The first-order valence-electron chi connectivity index (χ1n) is 10.8. The van der Waals surface area contributed by atoms with Gasteiger partial charge in [-0.3, -0.25) is 9.69 Å². The van der Waals surface area contributed by atoms with E-state index in [9.17, 15) is 4.79 Å². The average Bonchev–Trinajstić information content (AvgIpc) is 3.40. The third-order valence-corrected chi connectivity index (χ3v) is 6.88. The molecule has 3 aromatic rings. The van der Waals surface area contributed by atoms with E-state index in [0.717, 1.165) is 50.4 Å². The quantitative estimate of drug-likeness (QED) is 0.510. The van der Waals surface area contributed by atoms with Crippen LogP contribution in [0.1, 0.15) is 40.4 Å². The van der Waals surface area contributed by atoms with E-state index in [4.69, 9.17) is 0 Å². The summed E-state index contributed by atoms with van der Waals surface area (Å²) in [6.45, 7) is 6.04. The lowest BCUT2D eigenvalue weighted by Crippen LogP contribution is -2.31. The largest absolute Gasteiger partial charge is 0.345 e. The Bertz CT molecular complexity index is 1010. The molecule has 8 nitrogen and oxygen atoms in total. The van der Waals surface area contributed by atoms with Crippen LogP contribution < -0.4 is 0 Å². The highest BCUT2D eigenvalue weighted by molar-refractivity contribution is 7.09. The molecular weight excluding hydrogens is 410 g/mol. The molecule has 1 aromatic carbocycles. The summed E-state index contributed by atoms with van der Waals surface area (Å²) in [6.07, 6.45) is 3.13. The molecule has 0 atom stereocenters. The second kappa shape index (κ2) is 10.1. The zero-order valence-corrected chi connectivity index (χ0v) is 19.0. The molecule has 31 heavy (non-hydrogen) atoms.